The van der Waals surface area contributed by atoms with Gasteiger partial charge in [-0.15, -0.1) is 0 Å². The van der Waals surface area contributed by atoms with Crippen LogP contribution in [0.2, 0.25) is 5.02 Å². The van der Waals surface area contributed by atoms with Crippen molar-refractivity contribution in [3.8, 4) is 0 Å². The molecule has 0 aliphatic heterocycles. The molecule has 2 aromatic carbocycles. The Balaban J connectivity index is 2.73. The topological polar surface area (TPSA) is 83.8 Å². The van der Waals surface area contributed by atoms with Crippen molar-refractivity contribution in [2.75, 3.05) is 7.11 Å². The molecule has 0 aromatic heterocycles. The number of aliphatic carboxylic acids is 2. The lowest BCUT2D eigenvalue weighted by molar-refractivity contribution is -0.174. The van der Waals surface area contributed by atoms with Crippen LogP contribution < -0.4 is 0 Å². The van der Waals surface area contributed by atoms with Gasteiger partial charge in [0, 0.05) is 12.1 Å². The fourth-order valence-electron chi connectivity index (χ4n) is 2.66. The Bertz CT molecular complexity index is 716. The molecule has 0 fully saturated rings. The maximum Gasteiger partial charge on any atom is 0.341 e. The van der Waals surface area contributed by atoms with Crippen molar-refractivity contribution in [1.29, 1.82) is 0 Å². The fraction of sp³-hybridized carbons (Fsp3) is 0.176. The van der Waals surface area contributed by atoms with E-state index in [4.69, 9.17) is 16.3 Å². The minimum Gasteiger partial charge on any atom is -0.481 e. The second-order valence-electron chi connectivity index (χ2n) is 4.94. The molecule has 6 heteroatoms. The van der Waals surface area contributed by atoms with Crippen molar-refractivity contribution in [3.05, 3.63) is 70.7 Å². The molecule has 0 radical (unpaired) electrons. The van der Waals surface area contributed by atoms with E-state index in [-0.39, 0.29) is 11.1 Å². The fourth-order valence-corrected chi connectivity index (χ4v) is 2.86. The minimum atomic E-state index is -2.07. The molecule has 0 amide bonds. The third kappa shape index (κ3) is 3.06. The Hall–Kier alpha value is -2.37. The molecule has 23 heavy (non-hydrogen) atoms. The van der Waals surface area contributed by atoms with Gasteiger partial charge in [-0.2, -0.15) is 0 Å². The minimum absolute atomic E-state index is 0.238. The molecule has 0 saturated carbocycles. The quantitative estimate of drug-likeness (QED) is 0.848. The third-order valence-corrected chi connectivity index (χ3v) is 3.91. The highest BCUT2D eigenvalue weighted by atomic mass is 35.5. The molecular weight excluding hydrogens is 320 g/mol. The Morgan fingerprint density at radius 1 is 1.09 bits per heavy atom. The zero-order chi connectivity index (χ0) is 17.0. The monoisotopic (exact) mass is 334 g/mol. The van der Waals surface area contributed by atoms with Gasteiger partial charge < -0.3 is 14.9 Å². The molecule has 5 nitrogen and oxygen atoms in total. The van der Waals surface area contributed by atoms with Crippen LogP contribution in [-0.2, 0) is 19.9 Å². The number of hydrogen-bond acceptors (Lipinski definition) is 3. The van der Waals surface area contributed by atoms with Crippen LogP contribution in [0.4, 0.5) is 0 Å². The van der Waals surface area contributed by atoms with Crippen molar-refractivity contribution < 1.29 is 24.5 Å². The number of carboxylic acids is 2. The number of hydrogen-bond donors (Lipinski definition) is 2. The van der Waals surface area contributed by atoms with Crippen molar-refractivity contribution in [1.82, 2.24) is 0 Å². The van der Waals surface area contributed by atoms with E-state index in [1.54, 1.807) is 30.3 Å². The Morgan fingerprint density at radius 3 is 2.22 bits per heavy atom. The summed E-state index contributed by atoms with van der Waals surface area (Å²) in [6, 6.07) is 14.1. The van der Waals surface area contributed by atoms with Gasteiger partial charge in [0.1, 0.15) is 5.92 Å². The van der Waals surface area contributed by atoms with E-state index < -0.39 is 23.5 Å². The summed E-state index contributed by atoms with van der Waals surface area (Å²) in [6.45, 7) is 0. The van der Waals surface area contributed by atoms with Crippen molar-refractivity contribution in [2.45, 2.75) is 11.5 Å². The zero-order valence-electron chi connectivity index (χ0n) is 12.3. The molecule has 120 valence electrons. The summed E-state index contributed by atoms with van der Waals surface area (Å²) >= 11 is 5.93. The second-order valence-corrected chi connectivity index (χ2v) is 5.37. The van der Waals surface area contributed by atoms with Crippen LogP contribution in [0.1, 0.15) is 17.0 Å². The lowest BCUT2D eigenvalue weighted by Gasteiger charge is -2.34. The van der Waals surface area contributed by atoms with Crippen molar-refractivity contribution in [2.24, 2.45) is 0 Å². The molecule has 0 spiro atoms. The number of halogens is 1. The van der Waals surface area contributed by atoms with Crippen LogP contribution in [0.5, 0.6) is 0 Å². The van der Waals surface area contributed by atoms with Crippen LogP contribution >= 0.6 is 11.6 Å². The highest BCUT2D eigenvalue weighted by molar-refractivity contribution is 6.30. The van der Waals surface area contributed by atoms with Crippen molar-refractivity contribution in [3.63, 3.8) is 0 Å². The van der Waals surface area contributed by atoms with Crippen molar-refractivity contribution >= 4 is 23.5 Å². The van der Waals surface area contributed by atoms with Crippen LogP contribution in [-0.4, -0.2) is 29.3 Å². The van der Waals surface area contributed by atoms with Gasteiger partial charge >= 0.3 is 11.9 Å². The number of rotatable bonds is 6. The summed E-state index contributed by atoms with van der Waals surface area (Å²) in [5.41, 5.74) is -1.59. The van der Waals surface area contributed by atoms with Crippen LogP contribution in [0.25, 0.3) is 0 Å². The molecule has 0 bridgehead atoms. The largest absolute Gasteiger partial charge is 0.481 e. The highest BCUT2D eigenvalue weighted by Crippen LogP contribution is 2.41. The average Bonchev–Trinajstić information content (AvgIpc) is 2.52. The number of methoxy groups -OCH3 is 1. The molecule has 2 atom stereocenters. The molecule has 0 saturated heterocycles. The number of carbonyl (C=O) groups is 2. The van der Waals surface area contributed by atoms with Gasteiger partial charge in [0.05, 0.1) is 0 Å². The van der Waals surface area contributed by atoms with Gasteiger partial charge in [0.25, 0.3) is 0 Å². The number of benzene rings is 2. The number of ether oxygens (including phenoxy) is 1. The third-order valence-electron chi connectivity index (χ3n) is 3.68. The van der Waals surface area contributed by atoms with Crippen LogP contribution in [0, 0.1) is 0 Å². The smallest absolute Gasteiger partial charge is 0.341 e. The van der Waals surface area contributed by atoms with Gasteiger partial charge in [-0.05, 0) is 23.3 Å². The van der Waals surface area contributed by atoms with E-state index >= 15 is 0 Å². The van der Waals surface area contributed by atoms with Crippen LogP contribution in [0.15, 0.2) is 54.6 Å². The maximum atomic E-state index is 12.0. The van der Waals surface area contributed by atoms with E-state index in [0.29, 0.717) is 5.02 Å². The summed E-state index contributed by atoms with van der Waals surface area (Å²) in [4.78, 5) is 23.9. The number of carboxylic acid groups (broad SMARTS) is 2. The average molecular weight is 335 g/mol. The summed E-state index contributed by atoms with van der Waals surface area (Å²) in [5.74, 6) is -4.18. The first kappa shape index (κ1) is 17.0. The normalized spacial score (nSPS) is 14.7. The Kier molecular flexibility index (Phi) is 5.03. The standard InChI is InChI=1S/C17H15ClO5/c1-23-17(16(21)22,12-7-3-2-4-8-12)14(15(19)20)11-6-5-9-13(18)10-11/h2-10,14H,1H3,(H,19,20)(H,21,22). The molecule has 2 rings (SSSR count). The molecule has 2 N–H and O–H groups in total. The molecule has 2 aromatic rings. The predicted octanol–water partition coefficient (Wildman–Crippen LogP) is 3.13. The van der Waals surface area contributed by atoms with E-state index in [9.17, 15) is 19.8 Å². The Labute approximate surface area is 138 Å². The first-order valence-corrected chi connectivity index (χ1v) is 7.13. The first-order valence-electron chi connectivity index (χ1n) is 6.75. The van der Waals surface area contributed by atoms with Gasteiger partial charge in [-0.25, -0.2) is 4.79 Å². The Morgan fingerprint density at radius 2 is 1.74 bits per heavy atom. The highest BCUT2D eigenvalue weighted by Gasteiger charge is 2.52. The maximum absolute atomic E-state index is 12.0. The molecule has 0 aliphatic carbocycles. The summed E-state index contributed by atoms with van der Waals surface area (Å²) in [5, 5.41) is 19.8. The molecule has 0 aliphatic rings. The van der Waals surface area contributed by atoms with Gasteiger partial charge in [-0.3, -0.25) is 4.79 Å². The zero-order valence-corrected chi connectivity index (χ0v) is 13.0. The second kappa shape index (κ2) is 6.81. The van der Waals surface area contributed by atoms with E-state index in [1.165, 1.54) is 31.4 Å². The van der Waals surface area contributed by atoms with Crippen LogP contribution in [0.3, 0.4) is 0 Å². The van der Waals surface area contributed by atoms with Gasteiger partial charge in [-0.1, -0.05) is 54.1 Å². The SMILES string of the molecule is COC(C(=O)O)(c1ccccc1)C(C(=O)O)c1cccc(Cl)c1. The lowest BCUT2D eigenvalue weighted by Crippen LogP contribution is -2.46. The summed E-state index contributed by atoms with van der Waals surface area (Å²) < 4.78 is 5.28. The summed E-state index contributed by atoms with van der Waals surface area (Å²) in [7, 11) is 1.18. The van der Waals surface area contributed by atoms with E-state index in [0.717, 1.165) is 0 Å². The summed E-state index contributed by atoms with van der Waals surface area (Å²) in [6.07, 6.45) is 0. The van der Waals surface area contributed by atoms with E-state index in [1.807, 2.05) is 0 Å². The predicted molar refractivity (Wildman–Crippen MR) is 84.6 cm³/mol. The van der Waals surface area contributed by atoms with Gasteiger partial charge in [0.2, 0.25) is 5.60 Å². The molecular formula is C17H15ClO5. The first-order chi connectivity index (χ1) is 10.9. The molecule has 0 heterocycles. The molecule has 2 unspecified atom stereocenters. The van der Waals surface area contributed by atoms with E-state index in [2.05, 4.69) is 0 Å². The lowest BCUT2D eigenvalue weighted by atomic mass is 9.77. The van der Waals surface area contributed by atoms with Gasteiger partial charge in [0.15, 0.2) is 0 Å².